The van der Waals surface area contributed by atoms with Gasteiger partial charge in [-0.2, -0.15) is 0 Å². The number of carbonyl (C=O) groups excluding carboxylic acids is 3. The number of nitrogens with one attached hydrogen (secondary N) is 1. The van der Waals surface area contributed by atoms with Crippen LogP contribution in [0.15, 0.2) is 78.5 Å². The number of aryl methyl sites for hydroxylation is 1. The second kappa shape index (κ2) is 9.08. The molecule has 7 nitrogen and oxygen atoms in total. The van der Waals surface area contributed by atoms with Gasteiger partial charge < -0.3 is 10.4 Å². The van der Waals surface area contributed by atoms with Crippen molar-refractivity contribution in [1.29, 1.82) is 0 Å². The van der Waals surface area contributed by atoms with Gasteiger partial charge in [-0.15, -0.1) is 0 Å². The Kier molecular flexibility index (Phi) is 6.04. The van der Waals surface area contributed by atoms with Crippen molar-refractivity contribution in [2.45, 2.75) is 26.3 Å². The van der Waals surface area contributed by atoms with E-state index in [1.807, 2.05) is 19.1 Å². The lowest BCUT2D eigenvalue weighted by atomic mass is 9.97. The van der Waals surface area contributed by atoms with E-state index in [0.717, 1.165) is 12.0 Å². The molecule has 0 aliphatic carbocycles. The summed E-state index contributed by atoms with van der Waals surface area (Å²) in [5.74, 6) is -2.09. The maximum Gasteiger partial charge on any atom is 0.300 e. The Hall–Kier alpha value is -4.26. The maximum absolute atomic E-state index is 13.2. The van der Waals surface area contributed by atoms with Crippen LogP contribution in [0.25, 0.3) is 5.76 Å². The zero-order chi connectivity index (χ0) is 23.5. The summed E-state index contributed by atoms with van der Waals surface area (Å²) in [5, 5.41) is 13.8. The lowest BCUT2D eigenvalue weighted by Crippen LogP contribution is -2.30. The summed E-state index contributed by atoms with van der Waals surface area (Å²) in [5.41, 5.74) is 2.82. The Morgan fingerprint density at radius 2 is 1.82 bits per heavy atom. The van der Waals surface area contributed by atoms with E-state index in [1.54, 1.807) is 60.8 Å². The standard InChI is InChI=1S/C26H23N3O4/c1-3-17-10-12-18(13-11-17)24(31)22-23(21-9-4-5-14-27-21)29(26(33)25(22)32)20-8-6-7-19(15-20)28-16(2)30/h4-15,23,31H,3H2,1-2H3,(H,28,30)/b24-22+. The SMILES string of the molecule is CCc1ccc(/C(O)=C2\C(=O)C(=O)N(c3cccc(NC(C)=O)c3)C2c2ccccn2)cc1. The molecule has 0 radical (unpaired) electrons. The third-order valence-electron chi connectivity index (χ3n) is 5.49. The number of aromatic nitrogens is 1. The van der Waals surface area contributed by atoms with Gasteiger partial charge in [0, 0.05) is 30.1 Å². The highest BCUT2D eigenvalue weighted by molar-refractivity contribution is 6.51. The summed E-state index contributed by atoms with van der Waals surface area (Å²) < 4.78 is 0. The van der Waals surface area contributed by atoms with Crippen molar-refractivity contribution in [1.82, 2.24) is 4.98 Å². The van der Waals surface area contributed by atoms with Gasteiger partial charge in [0.25, 0.3) is 11.7 Å². The number of rotatable bonds is 5. The van der Waals surface area contributed by atoms with E-state index in [4.69, 9.17) is 0 Å². The molecule has 7 heteroatoms. The molecule has 3 aromatic rings. The number of aliphatic hydroxyl groups excluding tert-OH is 1. The van der Waals surface area contributed by atoms with E-state index in [1.165, 1.54) is 11.8 Å². The van der Waals surface area contributed by atoms with E-state index in [2.05, 4.69) is 10.3 Å². The summed E-state index contributed by atoms with van der Waals surface area (Å²) in [4.78, 5) is 43.5. The Morgan fingerprint density at radius 3 is 2.45 bits per heavy atom. The van der Waals surface area contributed by atoms with Crippen LogP contribution in [-0.2, 0) is 20.8 Å². The second-order valence-corrected chi connectivity index (χ2v) is 7.71. The van der Waals surface area contributed by atoms with Crippen molar-refractivity contribution in [2.24, 2.45) is 0 Å². The molecule has 1 unspecified atom stereocenters. The smallest absolute Gasteiger partial charge is 0.300 e. The molecule has 1 saturated heterocycles. The van der Waals surface area contributed by atoms with Crippen LogP contribution in [0, 0.1) is 0 Å². The minimum atomic E-state index is -0.926. The van der Waals surface area contributed by atoms with E-state index < -0.39 is 17.7 Å². The van der Waals surface area contributed by atoms with Crippen molar-refractivity contribution in [2.75, 3.05) is 10.2 Å². The zero-order valence-electron chi connectivity index (χ0n) is 18.3. The first kappa shape index (κ1) is 22.0. The highest BCUT2D eigenvalue weighted by Crippen LogP contribution is 2.41. The minimum Gasteiger partial charge on any atom is -0.507 e. The Bertz CT molecular complexity index is 1250. The van der Waals surface area contributed by atoms with E-state index in [9.17, 15) is 19.5 Å². The molecule has 1 aliphatic heterocycles. The van der Waals surface area contributed by atoms with Crippen LogP contribution in [0.2, 0.25) is 0 Å². The van der Waals surface area contributed by atoms with Gasteiger partial charge in [-0.1, -0.05) is 43.3 Å². The summed E-state index contributed by atoms with van der Waals surface area (Å²) in [6, 6.07) is 18.1. The second-order valence-electron chi connectivity index (χ2n) is 7.71. The number of aliphatic hydroxyl groups is 1. The lowest BCUT2D eigenvalue weighted by Gasteiger charge is -2.25. The van der Waals surface area contributed by atoms with Gasteiger partial charge >= 0.3 is 0 Å². The quantitative estimate of drug-likeness (QED) is 0.351. The van der Waals surface area contributed by atoms with Crippen LogP contribution in [-0.4, -0.2) is 27.7 Å². The molecule has 4 rings (SSSR count). The van der Waals surface area contributed by atoms with Crippen LogP contribution < -0.4 is 10.2 Å². The number of anilines is 2. The fraction of sp³-hybridized carbons (Fsp3) is 0.154. The van der Waals surface area contributed by atoms with E-state index >= 15 is 0 Å². The van der Waals surface area contributed by atoms with Crippen molar-refractivity contribution in [3.8, 4) is 0 Å². The van der Waals surface area contributed by atoms with Gasteiger partial charge in [-0.3, -0.25) is 24.3 Å². The third-order valence-corrected chi connectivity index (χ3v) is 5.49. The van der Waals surface area contributed by atoms with Crippen LogP contribution in [0.4, 0.5) is 11.4 Å². The number of nitrogens with zero attached hydrogens (tertiary/aromatic N) is 2. The molecule has 2 heterocycles. The van der Waals surface area contributed by atoms with Crippen molar-refractivity contribution in [3.63, 3.8) is 0 Å². The molecular weight excluding hydrogens is 418 g/mol. The van der Waals surface area contributed by atoms with E-state index in [0.29, 0.717) is 22.6 Å². The van der Waals surface area contributed by atoms with Gasteiger partial charge in [-0.25, -0.2) is 0 Å². The number of amides is 2. The summed E-state index contributed by atoms with van der Waals surface area (Å²) in [6.45, 7) is 3.41. The van der Waals surface area contributed by atoms with Gasteiger partial charge in [0.2, 0.25) is 5.91 Å². The first-order chi connectivity index (χ1) is 15.9. The van der Waals surface area contributed by atoms with Crippen LogP contribution in [0.1, 0.15) is 36.7 Å². The first-order valence-corrected chi connectivity index (χ1v) is 10.6. The molecule has 2 N–H and O–H groups in total. The lowest BCUT2D eigenvalue weighted by molar-refractivity contribution is -0.132. The normalized spacial score (nSPS) is 17.3. The van der Waals surface area contributed by atoms with Crippen LogP contribution >= 0.6 is 0 Å². The number of pyridine rings is 1. The first-order valence-electron chi connectivity index (χ1n) is 10.6. The van der Waals surface area contributed by atoms with E-state index in [-0.39, 0.29) is 17.2 Å². The molecule has 33 heavy (non-hydrogen) atoms. The summed E-state index contributed by atoms with van der Waals surface area (Å²) >= 11 is 0. The minimum absolute atomic E-state index is 0.0344. The average molecular weight is 441 g/mol. The van der Waals surface area contributed by atoms with Crippen molar-refractivity contribution >= 4 is 34.7 Å². The Balaban J connectivity index is 1.88. The number of ketones is 1. The van der Waals surface area contributed by atoms with Crippen LogP contribution in [0.5, 0.6) is 0 Å². The number of hydrogen-bond donors (Lipinski definition) is 2. The monoisotopic (exact) mass is 441 g/mol. The highest BCUT2D eigenvalue weighted by Gasteiger charge is 2.47. The maximum atomic E-state index is 13.2. The molecule has 2 aromatic carbocycles. The molecule has 0 spiro atoms. The summed E-state index contributed by atoms with van der Waals surface area (Å²) in [6.07, 6.45) is 2.41. The predicted octanol–water partition coefficient (Wildman–Crippen LogP) is 4.23. The molecule has 0 bridgehead atoms. The molecule has 1 aliphatic rings. The fourth-order valence-corrected chi connectivity index (χ4v) is 3.91. The zero-order valence-corrected chi connectivity index (χ0v) is 18.3. The molecule has 1 aromatic heterocycles. The Morgan fingerprint density at radius 1 is 1.06 bits per heavy atom. The molecule has 0 saturated carbocycles. The third kappa shape index (κ3) is 4.25. The number of hydrogen-bond acceptors (Lipinski definition) is 5. The molecule has 1 fully saturated rings. The van der Waals surface area contributed by atoms with Gasteiger partial charge in [-0.05, 0) is 42.3 Å². The molecule has 166 valence electrons. The van der Waals surface area contributed by atoms with Gasteiger partial charge in [0.1, 0.15) is 11.8 Å². The van der Waals surface area contributed by atoms with Gasteiger partial charge in [0.05, 0.1) is 11.3 Å². The average Bonchev–Trinajstić information content (AvgIpc) is 3.09. The largest absolute Gasteiger partial charge is 0.507 e. The summed E-state index contributed by atoms with van der Waals surface area (Å²) in [7, 11) is 0. The number of Topliss-reactive ketones (excluding diaryl/α,β-unsaturated/α-hetero) is 1. The highest BCUT2D eigenvalue weighted by atomic mass is 16.3. The predicted molar refractivity (Wildman–Crippen MR) is 126 cm³/mol. The van der Waals surface area contributed by atoms with Crippen molar-refractivity contribution < 1.29 is 19.5 Å². The number of benzene rings is 2. The van der Waals surface area contributed by atoms with Crippen LogP contribution in [0.3, 0.4) is 0 Å². The molecular formula is C26H23N3O4. The molecule has 2 amide bonds. The Labute approximate surface area is 191 Å². The molecule has 1 atom stereocenters. The van der Waals surface area contributed by atoms with Gasteiger partial charge in [0.15, 0.2) is 0 Å². The topological polar surface area (TPSA) is 99.6 Å². The number of carbonyl (C=O) groups is 3. The fourth-order valence-electron chi connectivity index (χ4n) is 3.91. The van der Waals surface area contributed by atoms with Crippen molar-refractivity contribution in [3.05, 3.63) is 95.3 Å².